The maximum atomic E-state index is 9.81. The molecule has 0 aromatic heterocycles. The summed E-state index contributed by atoms with van der Waals surface area (Å²) in [4.78, 5) is 14.1. The zero-order chi connectivity index (χ0) is 12.9. The summed E-state index contributed by atoms with van der Waals surface area (Å²) in [5.74, 6) is 0.255. The van der Waals surface area contributed by atoms with Gasteiger partial charge in [0, 0.05) is 6.42 Å². The smallest absolute Gasteiger partial charge is 0.129 e. The molecule has 0 bridgehead atoms. The molecule has 0 spiro atoms. The molecule has 3 nitrogen and oxygen atoms in total. The lowest BCUT2D eigenvalue weighted by atomic mass is 10.4. The Kier molecular flexibility index (Phi) is 21.4. The molecule has 0 N–H and O–H groups in total. The highest BCUT2D eigenvalue weighted by Gasteiger charge is 1.77. The van der Waals surface area contributed by atoms with Crippen LogP contribution in [0.4, 0.5) is 0 Å². The van der Waals surface area contributed by atoms with Crippen molar-refractivity contribution in [3.05, 3.63) is 0 Å². The number of hydrogen-bond acceptors (Lipinski definition) is 3. The molecule has 0 aromatic carbocycles. The van der Waals surface area contributed by atoms with E-state index in [9.17, 15) is 4.79 Å². The Morgan fingerprint density at radius 3 is 1.00 bits per heavy atom. The highest BCUT2D eigenvalue weighted by Crippen LogP contribution is 1.71. The predicted octanol–water partition coefficient (Wildman–Crippen LogP) is 2.12. The molecule has 0 unspecified atom stereocenters. The van der Waals surface area contributed by atoms with E-state index in [4.69, 9.17) is 0 Å². The summed E-state index contributed by atoms with van der Waals surface area (Å²) in [5, 5.41) is 0. The maximum Gasteiger partial charge on any atom is 0.129 e. The first-order valence-corrected chi connectivity index (χ1v) is 5.60. The summed E-state index contributed by atoms with van der Waals surface area (Å²) >= 11 is 0. The molecule has 0 aliphatic heterocycles. The molecular weight excluding hydrogens is 188 g/mol. The molecule has 0 saturated carbocycles. The van der Waals surface area contributed by atoms with Crippen LogP contribution in [0.25, 0.3) is 0 Å². The number of Topliss-reactive ketones (excluding diaryl/α,β-unsaturated/α-hetero) is 1. The zero-order valence-corrected chi connectivity index (χ0v) is 11.9. The Hall–Kier alpha value is -0.410. The number of carbonyl (C=O) groups is 1. The van der Waals surface area contributed by atoms with Gasteiger partial charge in [0.2, 0.25) is 0 Å². The molecule has 15 heavy (non-hydrogen) atoms. The monoisotopic (exact) mass is 218 g/mol. The average molecular weight is 218 g/mol. The van der Waals surface area contributed by atoms with Crippen LogP contribution in [0, 0.1) is 0 Å². The van der Waals surface area contributed by atoms with Crippen LogP contribution >= 0.6 is 0 Å². The van der Waals surface area contributed by atoms with Crippen LogP contribution in [-0.4, -0.2) is 56.9 Å². The van der Waals surface area contributed by atoms with Gasteiger partial charge in [0.05, 0.1) is 0 Å². The van der Waals surface area contributed by atoms with E-state index in [1.54, 1.807) is 6.92 Å². The van der Waals surface area contributed by atoms with E-state index in [1.165, 1.54) is 0 Å². The Balaban J connectivity index is -0.000000144. The molecule has 0 aromatic rings. The molecular formula is C12H30N2O. The van der Waals surface area contributed by atoms with Gasteiger partial charge in [0.15, 0.2) is 0 Å². The van der Waals surface area contributed by atoms with Gasteiger partial charge in [-0.3, -0.25) is 0 Å². The van der Waals surface area contributed by atoms with Gasteiger partial charge in [-0.15, -0.1) is 0 Å². The highest BCUT2D eigenvalue weighted by atomic mass is 16.1. The van der Waals surface area contributed by atoms with E-state index in [0.29, 0.717) is 6.42 Å². The Bertz CT molecular complexity index is 115. The van der Waals surface area contributed by atoms with E-state index in [2.05, 4.69) is 51.8 Å². The normalized spacial score (nSPS) is 8.93. The molecule has 0 rings (SSSR count). The van der Waals surface area contributed by atoms with Crippen molar-refractivity contribution in [2.75, 3.05) is 41.3 Å². The van der Waals surface area contributed by atoms with Crippen molar-refractivity contribution in [1.82, 2.24) is 9.80 Å². The van der Waals surface area contributed by atoms with Gasteiger partial charge in [0.25, 0.3) is 0 Å². The quantitative estimate of drug-likeness (QED) is 0.725. The van der Waals surface area contributed by atoms with Crippen LogP contribution in [-0.2, 0) is 4.79 Å². The molecule has 0 radical (unpaired) electrons. The van der Waals surface area contributed by atoms with E-state index in [-0.39, 0.29) is 5.78 Å². The third-order valence-corrected chi connectivity index (χ3v) is 1.76. The Morgan fingerprint density at radius 1 is 0.867 bits per heavy atom. The van der Waals surface area contributed by atoms with Gasteiger partial charge in [-0.1, -0.05) is 20.8 Å². The van der Waals surface area contributed by atoms with Crippen molar-refractivity contribution >= 4 is 5.78 Å². The summed E-state index contributed by atoms with van der Waals surface area (Å²) in [7, 11) is 8.22. The summed E-state index contributed by atoms with van der Waals surface area (Å²) in [6, 6.07) is 0. The molecule has 0 fully saturated rings. The highest BCUT2D eigenvalue weighted by molar-refractivity contribution is 5.74. The first-order valence-electron chi connectivity index (χ1n) is 5.60. The van der Waals surface area contributed by atoms with Gasteiger partial charge in [-0.25, -0.2) is 0 Å². The third kappa shape index (κ3) is 58.4. The lowest BCUT2D eigenvalue weighted by molar-refractivity contribution is -0.116. The minimum atomic E-state index is 0.255. The molecule has 0 aliphatic carbocycles. The van der Waals surface area contributed by atoms with Gasteiger partial charge >= 0.3 is 0 Å². The topological polar surface area (TPSA) is 23.6 Å². The summed E-state index contributed by atoms with van der Waals surface area (Å²) in [6.07, 6.45) is 0.667. The average Bonchev–Trinajstić information content (AvgIpc) is 2.19. The maximum absolute atomic E-state index is 9.81. The molecule has 0 atom stereocenters. The SMILES string of the molecule is CCC(C)=O.CCN(C)C.CCN(C)C. The molecule has 0 amide bonds. The van der Waals surface area contributed by atoms with Crippen molar-refractivity contribution in [2.45, 2.75) is 34.1 Å². The minimum Gasteiger partial charge on any atom is -0.310 e. The fourth-order valence-corrected chi connectivity index (χ4v) is 0. The van der Waals surface area contributed by atoms with Crippen molar-refractivity contribution in [3.8, 4) is 0 Å². The standard InChI is InChI=1S/2C4H11N.C4H8O/c2*1-4-5(2)3;1-3-4(2)5/h2*4H2,1-3H3;3H2,1-2H3. The Labute approximate surface area is 96.4 Å². The fourth-order valence-electron chi connectivity index (χ4n) is 0. The third-order valence-electron chi connectivity index (χ3n) is 1.76. The molecule has 94 valence electrons. The van der Waals surface area contributed by atoms with Gasteiger partial charge in [0.1, 0.15) is 5.78 Å². The van der Waals surface area contributed by atoms with Crippen LogP contribution in [0.1, 0.15) is 34.1 Å². The second-order valence-electron chi connectivity index (χ2n) is 3.85. The van der Waals surface area contributed by atoms with Crippen molar-refractivity contribution < 1.29 is 4.79 Å². The lowest BCUT2D eigenvalue weighted by Gasteiger charge is -2.00. The van der Waals surface area contributed by atoms with Crippen LogP contribution in [0.2, 0.25) is 0 Å². The van der Waals surface area contributed by atoms with E-state index in [1.807, 2.05) is 6.92 Å². The number of hydrogen-bond donors (Lipinski definition) is 0. The van der Waals surface area contributed by atoms with Crippen molar-refractivity contribution in [3.63, 3.8) is 0 Å². The van der Waals surface area contributed by atoms with Gasteiger partial charge in [-0.05, 0) is 48.2 Å². The fraction of sp³-hybridized carbons (Fsp3) is 0.917. The Morgan fingerprint density at radius 2 is 1.00 bits per heavy atom. The summed E-state index contributed by atoms with van der Waals surface area (Å²) in [5.41, 5.74) is 0. The van der Waals surface area contributed by atoms with E-state index >= 15 is 0 Å². The largest absolute Gasteiger partial charge is 0.310 e. The van der Waals surface area contributed by atoms with Gasteiger partial charge in [-0.2, -0.15) is 0 Å². The van der Waals surface area contributed by atoms with Crippen LogP contribution in [0.5, 0.6) is 0 Å². The molecule has 3 heteroatoms. The second-order valence-corrected chi connectivity index (χ2v) is 3.85. The van der Waals surface area contributed by atoms with Gasteiger partial charge < -0.3 is 14.6 Å². The van der Waals surface area contributed by atoms with E-state index < -0.39 is 0 Å². The number of carbonyl (C=O) groups excluding carboxylic acids is 1. The zero-order valence-electron chi connectivity index (χ0n) is 11.9. The van der Waals surface area contributed by atoms with Crippen LogP contribution < -0.4 is 0 Å². The second kappa shape index (κ2) is 16.0. The molecule has 0 aliphatic rings. The summed E-state index contributed by atoms with van der Waals surface area (Å²) < 4.78 is 0. The molecule has 0 saturated heterocycles. The molecule has 0 heterocycles. The lowest BCUT2D eigenvalue weighted by Crippen LogP contribution is -2.08. The first-order chi connectivity index (χ1) is 6.81. The minimum absolute atomic E-state index is 0.255. The van der Waals surface area contributed by atoms with Crippen LogP contribution in [0.3, 0.4) is 0 Å². The number of ketones is 1. The predicted molar refractivity (Wildman–Crippen MR) is 69.4 cm³/mol. The van der Waals surface area contributed by atoms with Crippen molar-refractivity contribution in [1.29, 1.82) is 0 Å². The van der Waals surface area contributed by atoms with E-state index in [0.717, 1.165) is 13.1 Å². The number of nitrogens with zero attached hydrogens (tertiary/aromatic N) is 2. The summed E-state index contributed by atoms with van der Waals surface area (Å²) in [6.45, 7) is 9.96. The van der Waals surface area contributed by atoms with Crippen molar-refractivity contribution in [2.24, 2.45) is 0 Å². The number of rotatable bonds is 3. The first kappa shape index (κ1) is 20.1. The van der Waals surface area contributed by atoms with Crippen LogP contribution in [0.15, 0.2) is 0 Å².